The quantitative estimate of drug-likeness (QED) is 0.463. The smallest absolute Gasteiger partial charge is 0.330 e. The van der Waals surface area contributed by atoms with Crippen molar-refractivity contribution in [2.45, 2.75) is 63.8 Å². The zero-order valence-electron chi connectivity index (χ0n) is 16.1. The van der Waals surface area contributed by atoms with Crippen LogP contribution in [-0.2, 0) is 13.9 Å². The Hall–Kier alpha value is -1.66. The molecule has 0 unspecified atom stereocenters. The van der Waals surface area contributed by atoms with E-state index in [-0.39, 0.29) is 30.5 Å². The number of rotatable bonds is 6. The highest BCUT2D eigenvalue weighted by Crippen LogP contribution is 2.40. The summed E-state index contributed by atoms with van der Waals surface area (Å²) in [6.45, 7) is 11.3. The van der Waals surface area contributed by atoms with E-state index in [9.17, 15) is 9.59 Å². The van der Waals surface area contributed by atoms with E-state index in [1.807, 2.05) is 0 Å². The third-order valence-electron chi connectivity index (χ3n) is 5.06. The van der Waals surface area contributed by atoms with Gasteiger partial charge in [0.25, 0.3) is 5.56 Å². The van der Waals surface area contributed by atoms with Gasteiger partial charge in [-0.1, -0.05) is 26.7 Å². The van der Waals surface area contributed by atoms with Gasteiger partial charge in [0.15, 0.2) is 8.32 Å². The topological polar surface area (TPSA) is 82.5 Å². The summed E-state index contributed by atoms with van der Waals surface area (Å²) in [5, 5.41) is 0.0458. The first kappa shape index (κ1) is 20.6. The average molecular weight is 381 g/mol. The fourth-order valence-electron chi connectivity index (χ4n) is 2.59. The first-order valence-electron chi connectivity index (χ1n) is 8.71. The molecule has 1 aliphatic rings. The van der Waals surface area contributed by atoms with Crippen molar-refractivity contribution in [1.82, 2.24) is 9.55 Å². The molecule has 2 heterocycles. The number of hydrogen-bond donors (Lipinski definition) is 1. The Bertz CT molecular complexity index is 771. The lowest BCUT2D eigenvalue weighted by Crippen LogP contribution is -2.46. The van der Waals surface area contributed by atoms with Crippen LogP contribution < -0.4 is 11.2 Å². The van der Waals surface area contributed by atoms with E-state index in [4.69, 9.17) is 20.3 Å². The van der Waals surface area contributed by atoms with E-state index in [1.165, 1.54) is 16.8 Å². The first-order chi connectivity index (χ1) is 12.0. The summed E-state index contributed by atoms with van der Waals surface area (Å²) in [5.41, 5.74) is -0.939. The molecule has 0 amide bonds. The van der Waals surface area contributed by atoms with Gasteiger partial charge in [-0.05, 0) is 18.1 Å². The van der Waals surface area contributed by atoms with Gasteiger partial charge in [-0.3, -0.25) is 14.3 Å². The molecule has 1 aromatic rings. The maximum absolute atomic E-state index is 12.1. The Morgan fingerprint density at radius 2 is 2.12 bits per heavy atom. The number of terminal acetylenes is 1. The average Bonchev–Trinajstić information content (AvgIpc) is 2.88. The molecule has 1 N–H and O–H groups in total. The number of aromatic amines is 1. The van der Waals surface area contributed by atoms with Gasteiger partial charge in [0.05, 0.1) is 12.7 Å². The number of aromatic nitrogens is 2. The molecule has 8 heteroatoms. The van der Waals surface area contributed by atoms with Gasteiger partial charge in [0.1, 0.15) is 18.9 Å². The van der Waals surface area contributed by atoms with Crippen LogP contribution >= 0.6 is 0 Å². The zero-order chi connectivity index (χ0) is 19.5. The summed E-state index contributed by atoms with van der Waals surface area (Å²) < 4.78 is 19.4. The molecule has 26 heavy (non-hydrogen) atoms. The van der Waals surface area contributed by atoms with E-state index >= 15 is 0 Å². The van der Waals surface area contributed by atoms with Crippen molar-refractivity contribution in [2.24, 2.45) is 0 Å². The molecule has 2 rings (SSSR count). The Morgan fingerprint density at radius 1 is 1.42 bits per heavy atom. The maximum atomic E-state index is 12.1. The van der Waals surface area contributed by atoms with Gasteiger partial charge in [0, 0.05) is 18.7 Å². The Kier molecular flexibility index (Phi) is 6.29. The van der Waals surface area contributed by atoms with Crippen LogP contribution in [0.5, 0.6) is 0 Å². The van der Waals surface area contributed by atoms with E-state index in [1.54, 1.807) is 0 Å². The van der Waals surface area contributed by atoms with Crippen molar-refractivity contribution in [3.63, 3.8) is 0 Å². The van der Waals surface area contributed by atoms with Crippen LogP contribution in [0.1, 0.15) is 33.4 Å². The van der Waals surface area contributed by atoms with Crippen LogP contribution in [0.2, 0.25) is 18.1 Å². The molecule has 3 atom stereocenters. The van der Waals surface area contributed by atoms with Crippen molar-refractivity contribution in [2.75, 3.05) is 13.2 Å². The summed E-state index contributed by atoms with van der Waals surface area (Å²) in [7, 11) is -2.03. The minimum absolute atomic E-state index is 0.0458. The normalized spacial score (nSPS) is 23.8. The van der Waals surface area contributed by atoms with Gasteiger partial charge < -0.3 is 13.9 Å². The third-order valence-corrected chi connectivity index (χ3v) is 9.57. The molecular formula is C18H28N2O5Si. The fraction of sp³-hybridized carbons (Fsp3) is 0.667. The standard InChI is InChI=1S/C18H28N2O5Si/c1-7-10-23-12-14-13(25-26(5,6)18(2,3)4)11-16(24-14)20-9-8-15(21)19-17(20)22/h1,8-9,13-14,16H,10-12H2,2-6H3,(H,19,21,22)/t13-,14+,16+/m0/s1. The molecule has 0 radical (unpaired) electrons. The Balaban J connectivity index is 2.22. The van der Waals surface area contributed by atoms with E-state index < -0.39 is 25.8 Å². The number of H-pyrrole nitrogens is 1. The summed E-state index contributed by atoms with van der Waals surface area (Å²) in [6, 6.07) is 1.30. The minimum Gasteiger partial charge on any atom is -0.411 e. The second-order valence-electron chi connectivity index (χ2n) is 8.02. The zero-order valence-corrected chi connectivity index (χ0v) is 17.1. The fourth-order valence-corrected chi connectivity index (χ4v) is 3.95. The van der Waals surface area contributed by atoms with Crippen molar-refractivity contribution in [3.8, 4) is 12.3 Å². The number of ether oxygens (including phenoxy) is 2. The van der Waals surface area contributed by atoms with Gasteiger partial charge in [-0.2, -0.15) is 0 Å². The lowest BCUT2D eigenvalue weighted by atomic mass is 10.2. The SMILES string of the molecule is C#CCOC[C@H]1O[C@@H](n2ccc(=O)[nH]c2=O)C[C@@H]1O[Si](C)(C)C(C)(C)C. The second kappa shape index (κ2) is 7.92. The lowest BCUT2D eigenvalue weighted by Gasteiger charge is -2.39. The number of nitrogens with one attached hydrogen (secondary N) is 1. The lowest BCUT2D eigenvalue weighted by molar-refractivity contribution is -0.0569. The van der Waals surface area contributed by atoms with Crippen LogP contribution in [0.3, 0.4) is 0 Å². The summed E-state index contributed by atoms with van der Waals surface area (Å²) in [6.07, 6.45) is 6.12. The highest BCUT2D eigenvalue weighted by Gasteiger charge is 2.45. The molecule has 0 aliphatic carbocycles. The molecule has 1 aliphatic heterocycles. The predicted octanol–water partition coefficient (Wildman–Crippen LogP) is 1.86. The molecule has 7 nitrogen and oxygen atoms in total. The van der Waals surface area contributed by atoms with Crippen molar-refractivity contribution < 1.29 is 13.9 Å². The van der Waals surface area contributed by atoms with Gasteiger partial charge in [0.2, 0.25) is 0 Å². The monoisotopic (exact) mass is 380 g/mol. The third kappa shape index (κ3) is 4.74. The van der Waals surface area contributed by atoms with E-state index in [0.29, 0.717) is 6.42 Å². The summed E-state index contributed by atoms with van der Waals surface area (Å²) >= 11 is 0. The van der Waals surface area contributed by atoms with Crippen molar-refractivity contribution in [1.29, 1.82) is 0 Å². The second-order valence-corrected chi connectivity index (χ2v) is 12.8. The molecule has 0 spiro atoms. The summed E-state index contributed by atoms with van der Waals surface area (Å²) in [5.74, 6) is 2.43. The minimum atomic E-state index is -2.03. The largest absolute Gasteiger partial charge is 0.411 e. The maximum Gasteiger partial charge on any atom is 0.330 e. The van der Waals surface area contributed by atoms with Crippen LogP contribution in [0.25, 0.3) is 0 Å². The molecule has 1 fully saturated rings. The van der Waals surface area contributed by atoms with Gasteiger partial charge in [-0.15, -0.1) is 6.42 Å². The van der Waals surface area contributed by atoms with Crippen LogP contribution in [-0.4, -0.2) is 43.3 Å². The predicted molar refractivity (Wildman–Crippen MR) is 102 cm³/mol. The number of nitrogens with zero attached hydrogens (tertiary/aromatic N) is 1. The highest BCUT2D eigenvalue weighted by molar-refractivity contribution is 6.74. The Labute approximate surface area is 154 Å². The van der Waals surface area contributed by atoms with E-state index in [0.717, 1.165) is 0 Å². The Morgan fingerprint density at radius 3 is 2.69 bits per heavy atom. The molecule has 1 saturated heterocycles. The molecule has 144 valence electrons. The van der Waals surface area contributed by atoms with Crippen LogP contribution in [0, 0.1) is 12.3 Å². The molecule has 0 bridgehead atoms. The molecule has 0 aromatic carbocycles. The van der Waals surface area contributed by atoms with Crippen molar-refractivity contribution in [3.05, 3.63) is 33.1 Å². The molecule has 0 saturated carbocycles. The van der Waals surface area contributed by atoms with E-state index in [2.05, 4.69) is 44.8 Å². The first-order valence-corrected chi connectivity index (χ1v) is 11.6. The van der Waals surface area contributed by atoms with Crippen LogP contribution in [0.4, 0.5) is 0 Å². The van der Waals surface area contributed by atoms with Gasteiger partial charge >= 0.3 is 5.69 Å². The van der Waals surface area contributed by atoms with Crippen molar-refractivity contribution >= 4 is 8.32 Å². The van der Waals surface area contributed by atoms with Gasteiger partial charge in [-0.25, -0.2) is 4.79 Å². The highest BCUT2D eigenvalue weighted by atomic mass is 28.4. The molecule has 1 aromatic heterocycles. The molecular weight excluding hydrogens is 352 g/mol. The van der Waals surface area contributed by atoms with Crippen LogP contribution in [0.15, 0.2) is 21.9 Å². The summed E-state index contributed by atoms with van der Waals surface area (Å²) in [4.78, 5) is 25.6. The number of hydrogen-bond acceptors (Lipinski definition) is 5.